The molecule has 1 aromatic heterocycles. The predicted octanol–water partition coefficient (Wildman–Crippen LogP) is 2.35. The summed E-state index contributed by atoms with van der Waals surface area (Å²) in [6.45, 7) is 0.448. The van der Waals surface area contributed by atoms with Gasteiger partial charge < -0.3 is 15.2 Å². The molecule has 0 unspecified atom stereocenters. The first-order chi connectivity index (χ1) is 10.7. The Kier molecular flexibility index (Phi) is 5.54. The van der Waals surface area contributed by atoms with E-state index in [0.717, 1.165) is 16.9 Å². The number of aromatic nitrogens is 1. The Morgan fingerprint density at radius 2 is 1.91 bits per heavy atom. The number of carbonyl (C=O) groups is 1. The van der Waals surface area contributed by atoms with Crippen LogP contribution in [0.15, 0.2) is 54.6 Å². The minimum Gasteiger partial charge on any atom is -0.503 e. The van der Waals surface area contributed by atoms with Crippen molar-refractivity contribution in [3.05, 3.63) is 65.7 Å². The van der Waals surface area contributed by atoms with Crippen molar-refractivity contribution in [1.29, 1.82) is 0 Å². The lowest BCUT2D eigenvalue weighted by atomic mass is 10.2. The fourth-order valence-corrected chi connectivity index (χ4v) is 1.88. The van der Waals surface area contributed by atoms with Gasteiger partial charge in [-0.3, -0.25) is 9.78 Å². The average Bonchev–Trinajstić information content (AvgIpc) is 2.56. The van der Waals surface area contributed by atoms with Crippen molar-refractivity contribution in [2.24, 2.45) is 0 Å². The molecule has 2 N–H and O–H groups in total. The number of benzene rings is 1. The summed E-state index contributed by atoms with van der Waals surface area (Å²) in [5.74, 6) is -0.0942. The highest BCUT2D eigenvalue weighted by Crippen LogP contribution is 2.13. The molecule has 5 nitrogen and oxygen atoms in total. The lowest BCUT2D eigenvalue weighted by Crippen LogP contribution is -2.27. The van der Waals surface area contributed by atoms with Crippen LogP contribution in [0.25, 0.3) is 6.08 Å². The summed E-state index contributed by atoms with van der Waals surface area (Å²) in [6.07, 6.45) is 5.52. The topological polar surface area (TPSA) is 71.5 Å². The fraction of sp³-hybridized carbons (Fsp3) is 0.176. The highest BCUT2D eigenvalue weighted by molar-refractivity contribution is 5.95. The van der Waals surface area contributed by atoms with E-state index in [9.17, 15) is 9.90 Å². The molecule has 114 valence electrons. The van der Waals surface area contributed by atoms with Crippen molar-refractivity contribution in [2.45, 2.75) is 6.42 Å². The number of rotatable bonds is 6. The van der Waals surface area contributed by atoms with Gasteiger partial charge in [-0.25, -0.2) is 0 Å². The normalized spacial score (nSPS) is 11.0. The summed E-state index contributed by atoms with van der Waals surface area (Å²) >= 11 is 0. The van der Waals surface area contributed by atoms with Crippen LogP contribution in [0, 0.1) is 0 Å². The fourth-order valence-electron chi connectivity index (χ4n) is 1.88. The molecule has 1 heterocycles. The summed E-state index contributed by atoms with van der Waals surface area (Å²) in [7, 11) is 1.58. The van der Waals surface area contributed by atoms with E-state index in [4.69, 9.17) is 4.74 Å². The number of nitrogens with zero attached hydrogens (tertiary/aromatic N) is 1. The lowest BCUT2D eigenvalue weighted by Gasteiger charge is -2.05. The van der Waals surface area contributed by atoms with Gasteiger partial charge in [0.1, 0.15) is 5.75 Å². The van der Waals surface area contributed by atoms with Crippen molar-refractivity contribution < 1.29 is 14.6 Å². The van der Waals surface area contributed by atoms with E-state index in [2.05, 4.69) is 10.3 Å². The van der Waals surface area contributed by atoms with Gasteiger partial charge in [0, 0.05) is 18.9 Å². The molecule has 1 aromatic carbocycles. The van der Waals surface area contributed by atoms with Crippen molar-refractivity contribution in [3.8, 4) is 5.75 Å². The Hall–Kier alpha value is -2.82. The smallest absolute Gasteiger partial charge is 0.286 e. The molecule has 0 aliphatic heterocycles. The molecule has 0 fully saturated rings. The summed E-state index contributed by atoms with van der Waals surface area (Å²) in [6, 6.07) is 10.8. The zero-order valence-electron chi connectivity index (χ0n) is 12.3. The number of hydrogen-bond donors (Lipinski definition) is 2. The van der Waals surface area contributed by atoms with Crippen molar-refractivity contribution in [1.82, 2.24) is 10.3 Å². The maximum absolute atomic E-state index is 11.8. The molecule has 5 heteroatoms. The SMILES string of the molecule is COc1ccc(/C=C(/O)C(=O)NCCc2ccncc2)cc1. The molecular weight excluding hydrogens is 280 g/mol. The number of aliphatic hydroxyl groups is 1. The maximum Gasteiger partial charge on any atom is 0.286 e. The number of carbonyl (C=O) groups excluding carboxylic acids is 1. The number of aliphatic hydroxyl groups excluding tert-OH is 1. The van der Waals surface area contributed by atoms with Gasteiger partial charge >= 0.3 is 0 Å². The van der Waals surface area contributed by atoms with Crippen molar-refractivity contribution in [2.75, 3.05) is 13.7 Å². The lowest BCUT2D eigenvalue weighted by molar-refractivity contribution is -0.119. The zero-order valence-corrected chi connectivity index (χ0v) is 12.3. The molecular formula is C17H18N2O3. The second-order valence-electron chi connectivity index (χ2n) is 4.66. The van der Waals surface area contributed by atoms with E-state index < -0.39 is 5.91 Å². The second-order valence-corrected chi connectivity index (χ2v) is 4.66. The Bertz CT molecular complexity index is 637. The molecule has 2 rings (SSSR count). The number of nitrogens with one attached hydrogen (secondary N) is 1. The Balaban J connectivity index is 1.86. The number of ether oxygens (including phenoxy) is 1. The third-order valence-electron chi connectivity index (χ3n) is 3.10. The van der Waals surface area contributed by atoms with Crippen LogP contribution in [-0.2, 0) is 11.2 Å². The summed E-state index contributed by atoms with van der Waals surface area (Å²) in [5.41, 5.74) is 1.80. The molecule has 0 saturated carbocycles. The first kappa shape index (κ1) is 15.6. The van der Waals surface area contributed by atoms with Crippen LogP contribution in [0.5, 0.6) is 5.75 Å². The Labute approximate surface area is 129 Å². The molecule has 22 heavy (non-hydrogen) atoms. The van der Waals surface area contributed by atoms with Crippen molar-refractivity contribution in [3.63, 3.8) is 0 Å². The number of pyridine rings is 1. The minimum atomic E-state index is -0.495. The van der Waals surface area contributed by atoms with Crippen LogP contribution in [0.4, 0.5) is 0 Å². The second kappa shape index (κ2) is 7.83. The van der Waals surface area contributed by atoms with Gasteiger partial charge in [0.2, 0.25) is 0 Å². The monoisotopic (exact) mass is 298 g/mol. The maximum atomic E-state index is 11.8. The number of amides is 1. The van der Waals surface area contributed by atoms with E-state index in [-0.39, 0.29) is 5.76 Å². The first-order valence-corrected chi connectivity index (χ1v) is 6.91. The highest BCUT2D eigenvalue weighted by Gasteiger charge is 2.06. The predicted molar refractivity (Wildman–Crippen MR) is 84.6 cm³/mol. The quantitative estimate of drug-likeness (QED) is 0.634. The highest BCUT2D eigenvalue weighted by atomic mass is 16.5. The summed E-state index contributed by atoms with van der Waals surface area (Å²) in [4.78, 5) is 15.7. The third-order valence-corrected chi connectivity index (χ3v) is 3.10. The molecule has 0 aliphatic carbocycles. The van der Waals surface area contributed by atoms with Crippen LogP contribution in [0.3, 0.4) is 0 Å². The van der Waals surface area contributed by atoms with Crippen LogP contribution in [-0.4, -0.2) is 29.7 Å². The van der Waals surface area contributed by atoms with E-state index in [0.29, 0.717) is 13.0 Å². The van der Waals surface area contributed by atoms with Crippen LogP contribution >= 0.6 is 0 Å². The van der Waals surface area contributed by atoms with E-state index in [1.807, 2.05) is 12.1 Å². The molecule has 0 saturated heterocycles. The zero-order chi connectivity index (χ0) is 15.8. The standard InChI is InChI=1S/C17H18N2O3/c1-22-15-4-2-14(3-5-15)12-16(20)17(21)19-11-8-13-6-9-18-10-7-13/h2-7,9-10,12,20H,8,11H2,1H3,(H,19,21)/b16-12+. The molecule has 1 amide bonds. The minimum absolute atomic E-state index is 0.320. The Morgan fingerprint density at radius 1 is 1.23 bits per heavy atom. The van der Waals surface area contributed by atoms with Gasteiger partial charge in [0.05, 0.1) is 7.11 Å². The van der Waals surface area contributed by atoms with E-state index in [1.54, 1.807) is 43.8 Å². The Morgan fingerprint density at radius 3 is 2.55 bits per heavy atom. The summed E-state index contributed by atoms with van der Waals surface area (Å²) in [5, 5.41) is 12.5. The molecule has 0 radical (unpaired) electrons. The summed E-state index contributed by atoms with van der Waals surface area (Å²) < 4.78 is 5.05. The van der Waals surface area contributed by atoms with Gasteiger partial charge in [-0.2, -0.15) is 0 Å². The van der Waals surface area contributed by atoms with Crippen LogP contribution in [0.2, 0.25) is 0 Å². The number of methoxy groups -OCH3 is 1. The van der Waals surface area contributed by atoms with Crippen molar-refractivity contribution >= 4 is 12.0 Å². The van der Waals surface area contributed by atoms with Gasteiger partial charge in [-0.05, 0) is 47.9 Å². The van der Waals surface area contributed by atoms with Gasteiger partial charge in [0.25, 0.3) is 5.91 Å². The molecule has 0 atom stereocenters. The average molecular weight is 298 g/mol. The molecule has 0 spiro atoms. The van der Waals surface area contributed by atoms with E-state index in [1.165, 1.54) is 6.08 Å². The molecule has 2 aromatic rings. The van der Waals surface area contributed by atoms with Crippen LogP contribution in [0.1, 0.15) is 11.1 Å². The van der Waals surface area contributed by atoms with E-state index >= 15 is 0 Å². The molecule has 0 bridgehead atoms. The van der Waals surface area contributed by atoms with Gasteiger partial charge in [-0.1, -0.05) is 12.1 Å². The van der Waals surface area contributed by atoms with Crippen LogP contribution < -0.4 is 10.1 Å². The first-order valence-electron chi connectivity index (χ1n) is 6.91. The van der Waals surface area contributed by atoms with Gasteiger partial charge in [0.15, 0.2) is 5.76 Å². The molecule has 0 aliphatic rings. The third kappa shape index (κ3) is 4.63. The van der Waals surface area contributed by atoms with Gasteiger partial charge in [-0.15, -0.1) is 0 Å². The largest absolute Gasteiger partial charge is 0.503 e. The number of hydrogen-bond acceptors (Lipinski definition) is 4.